The molecule has 4 nitrogen and oxygen atoms in total. The Morgan fingerprint density at radius 3 is 2.80 bits per heavy atom. The average Bonchev–Trinajstić information content (AvgIpc) is 2.36. The summed E-state index contributed by atoms with van der Waals surface area (Å²) in [5.74, 6) is -0.119. The molecule has 2 N–H and O–H groups in total. The van der Waals surface area contributed by atoms with Gasteiger partial charge in [-0.25, -0.2) is 4.98 Å². The van der Waals surface area contributed by atoms with Crippen LogP contribution in [0.15, 0.2) is 23.4 Å². The van der Waals surface area contributed by atoms with Crippen LogP contribution in [-0.4, -0.2) is 33.4 Å². The normalized spacial score (nSPS) is 13.1. The third kappa shape index (κ3) is 6.39. The maximum absolute atomic E-state index is 12.0. The first-order chi connectivity index (χ1) is 9.31. The summed E-state index contributed by atoms with van der Waals surface area (Å²) in [7, 11) is 0. The van der Waals surface area contributed by atoms with E-state index < -0.39 is 0 Å². The molecule has 5 heteroatoms. The first kappa shape index (κ1) is 17.0. The second-order valence-corrected chi connectivity index (χ2v) is 7.55. The van der Waals surface area contributed by atoms with E-state index in [1.54, 1.807) is 24.0 Å². The smallest absolute Gasteiger partial charge is 0.251 e. The van der Waals surface area contributed by atoms with Crippen molar-refractivity contribution in [1.29, 1.82) is 0 Å². The number of nitrogens with one attached hydrogen (secondary N) is 1. The van der Waals surface area contributed by atoms with E-state index >= 15 is 0 Å². The van der Waals surface area contributed by atoms with Gasteiger partial charge in [0.1, 0.15) is 0 Å². The molecule has 0 aliphatic carbocycles. The lowest BCUT2D eigenvalue weighted by Crippen LogP contribution is -2.27. The summed E-state index contributed by atoms with van der Waals surface area (Å²) >= 11 is 1.63. The number of hydrogen-bond acceptors (Lipinski definition) is 4. The van der Waals surface area contributed by atoms with Gasteiger partial charge in [-0.05, 0) is 25.0 Å². The molecule has 1 unspecified atom stereocenters. The molecule has 0 aromatic carbocycles. The van der Waals surface area contributed by atoms with E-state index in [4.69, 9.17) is 0 Å². The number of nitrogens with zero attached hydrogens (tertiary/aromatic N) is 1. The predicted molar refractivity (Wildman–Crippen MR) is 83.1 cm³/mol. The van der Waals surface area contributed by atoms with E-state index in [0.717, 1.165) is 5.03 Å². The van der Waals surface area contributed by atoms with Gasteiger partial charge in [-0.1, -0.05) is 27.7 Å². The number of carbonyl (C=O) groups excluding carboxylic acids is 1. The van der Waals surface area contributed by atoms with Crippen LogP contribution in [0.25, 0.3) is 0 Å². The lowest BCUT2D eigenvalue weighted by molar-refractivity contribution is 0.0941. The lowest BCUT2D eigenvalue weighted by Gasteiger charge is -2.17. The number of hydrogen-bond donors (Lipinski definition) is 2. The third-order valence-corrected chi connectivity index (χ3v) is 3.69. The lowest BCUT2D eigenvalue weighted by atomic mass is 10.2. The minimum absolute atomic E-state index is 0.0628. The molecule has 1 rings (SSSR count). The maximum atomic E-state index is 12.0. The van der Waals surface area contributed by atoms with Crippen LogP contribution in [0.5, 0.6) is 0 Å². The SMILES string of the molecule is CCC(O)CCNC(=O)c1ccnc(SC(C)(C)C)c1. The zero-order valence-electron chi connectivity index (χ0n) is 12.6. The first-order valence-corrected chi connectivity index (χ1v) is 7.75. The number of rotatable bonds is 6. The van der Waals surface area contributed by atoms with Crippen LogP contribution < -0.4 is 5.32 Å². The Morgan fingerprint density at radius 1 is 1.50 bits per heavy atom. The van der Waals surface area contributed by atoms with Gasteiger partial charge >= 0.3 is 0 Å². The Balaban J connectivity index is 2.58. The number of carbonyl (C=O) groups is 1. The van der Waals surface area contributed by atoms with E-state index in [1.165, 1.54) is 0 Å². The Bertz CT molecular complexity index is 444. The fourth-order valence-corrected chi connectivity index (χ4v) is 2.51. The van der Waals surface area contributed by atoms with Gasteiger partial charge in [0.05, 0.1) is 11.1 Å². The predicted octanol–water partition coefficient (Wildman–Crippen LogP) is 2.86. The minimum atomic E-state index is -0.347. The van der Waals surface area contributed by atoms with Gasteiger partial charge in [-0.3, -0.25) is 4.79 Å². The van der Waals surface area contributed by atoms with Crippen LogP contribution in [0.4, 0.5) is 0 Å². The summed E-state index contributed by atoms with van der Waals surface area (Å²) in [6.45, 7) is 8.73. The molecule has 1 heterocycles. The zero-order chi connectivity index (χ0) is 15.2. The van der Waals surface area contributed by atoms with Gasteiger partial charge in [0.25, 0.3) is 5.91 Å². The van der Waals surface area contributed by atoms with E-state index in [9.17, 15) is 9.90 Å². The number of aliphatic hydroxyl groups is 1. The average molecular weight is 296 g/mol. The second-order valence-electron chi connectivity index (χ2n) is 5.70. The van der Waals surface area contributed by atoms with Crippen molar-refractivity contribution in [3.63, 3.8) is 0 Å². The molecule has 1 atom stereocenters. The number of aromatic nitrogens is 1. The largest absolute Gasteiger partial charge is 0.393 e. The highest BCUT2D eigenvalue weighted by atomic mass is 32.2. The number of thioether (sulfide) groups is 1. The topological polar surface area (TPSA) is 62.2 Å². The molecular weight excluding hydrogens is 272 g/mol. The van der Waals surface area contributed by atoms with Crippen molar-refractivity contribution in [2.75, 3.05) is 6.54 Å². The minimum Gasteiger partial charge on any atom is -0.393 e. The summed E-state index contributed by atoms with van der Waals surface area (Å²) < 4.78 is 0.0628. The van der Waals surface area contributed by atoms with E-state index in [2.05, 4.69) is 31.1 Å². The Kier molecular flexibility index (Phi) is 6.49. The van der Waals surface area contributed by atoms with Crippen molar-refractivity contribution < 1.29 is 9.90 Å². The van der Waals surface area contributed by atoms with Gasteiger partial charge in [-0.2, -0.15) is 0 Å². The van der Waals surface area contributed by atoms with Crippen molar-refractivity contribution >= 4 is 17.7 Å². The highest BCUT2D eigenvalue weighted by molar-refractivity contribution is 8.00. The monoisotopic (exact) mass is 296 g/mol. The fourth-order valence-electron chi connectivity index (χ4n) is 1.58. The van der Waals surface area contributed by atoms with Crippen molar-refractivity contribution in [2.45, 2.75) is 56.4 Å². The van der Waals surface area contributed by atoms with Crippen LogP contribution in [0, 0.1) is 0 Å². The molecule has 20 heavy (non-hydrogen) atoms. The summed E-state index contributed by atoms with van der Waals surface area (Å²) in [5, 5.41) is 13.1. The first-order valence-electron chi connectivity index (χ1n) is 6.93. The highest BCUT2D eigenvalue weighted by Crippen LogP contribution is 2.30. The van der Waals surface area contributed by atoms with E-state index in [1.807, 2.05) is 13.0 Å². The van der Waals surface area contributed by atoms with E-state index in [-0.39, 0.29) is 16.8 Å². The number of amides is 1. The van der Waals surface area contributed by atoms with Gasteiger partial charge in [0, 0.05) is 23.1 Å². The Labute approximate surface area is 125 Å². The van der Waals surface area contributed by atoms with Crippen molar-refractivity contribution in [3.8, 4) is 0 Å². The Hall–Kier alpha value is -1.07. The molecule has 1 aromatic heterocycles. The summed E-state index contributed by atoms with van der Waals surface area (Å²) in [4.78, 5) is 16.3. The number of pyridine rings is 1. The van der Waals surface area contributed by atoms with Gasteiger partial charge in [0.15, 0.2) is 0 Å². The molecule has 0 saturated carbocycles. The van der Waals surface area contributed by atoms with Crippen LogP contribution in [0.1, 0.15) is 50.9 Å². The van der Waals surface area contributed by atoms with Crippen LogP contribution in [-0.2, 0) is 0 Å². The molecule has 1 amide bonds. The van der Waals surface area contributed by atoms with E-state index in [0.29, 0.717) is 24.9 Å². The van der Waals surface area contributed by atoms with Crippen molar-refractivity contribution in [2.24, 2.45) is 0 Å². The number of aliphatic hydroxyl groups excluding tert-OH is 1. The van der Waals surface area contributed by atoms with Crippen LogP contribution in [0.3, 0.4) is 0 Å². The summed E-state index contributed by atoms with van der Waals surface area (Å²) in [6.07, 6.45) is 2.60. The maximum Gasteiger partial charge on any atom is 0.251 e. The highest BCUT2D eigenvalue weighted by Gasteiger charge is 2.14. The van der Waals surface area contributed by atoms with Gasteiger partial charge in [-0.15, -0.1) is 11.8 Å². The quantitative estimate of drug-likeness (QED) is 0.792. The van der Waals surface area contributed by atoms with Crippen LogP contribution in [0.2, 0.25) is 0 Å². The summed E-state index contributed by atoms with van der Waals surface area (Å²) in [6, 6.07) is 3.51. The van der Waals surface area contributed by atoms with Gasteiger partial charge < -0.3 is 10.4 Å². The molecule has 112 valence electrons. The molecule has 0 aliphatic heterocycles. The molecular formula is C15H24N2O2S. The Morgan fingerprint density at radius 2 is 2.20 bits per heavy atom. The fraction of sp³-hybridized carbons (Fsp3) is 0.600. The molecule has 0 radical (unpaired) electrons. The summed E-state index contributed by atoms with van der Waals surface area (Å²) in [5.41, 5.74) is 0.609. The van der Waals surface area contributed by atoms with Crippen molar-refractivity contribution in [1.82, 2.24) is 10.3 Å². The molecule has 1 aromatic rings. The molecule has 0 saturated heterocycles. The zero-order valence-corrected chi connectivity index (χ0v) is 13.5. The molecule has 0 aliphatic rings. The molecule has 0 fully saturated rings. The van der Waals surface area contributed by atoms with Crippen molar-refractivity contribution in [3.05, 3.63) is 23.9 Å². The molecule has 0 bridgehead atoms. The van der Waals surface area contributed by atoms with Gasteiger partial charge in [0.2, 0.25) is 0 Å². The van der Waals surface area contributed by atoms with Crippen LogP contribution >= 0.6 is 11.8 Å². The third-order valence-electron chi connectivity index (χ3n) is 2.64. The molecule has 0 spiro atoms. The standard InChI is InChI=1S/C15H24N2O2S/c1-5-12(18)7-9-17-14(19)11-6-8-16-13(10-11)20-15(2,3)4/h6,8,10,12,18H,5,7,9H2,1-4H3,(H,17,19). The second kappa shape index (κ2) is 7.64.